The van der Waals surface area contributed by atoms with Crippen LogP contribution in [0.25, 0.3) is 0 Å². The highest BCUT2D eigenvalue weighted by Gasteiger charge is 2.53. The van der Waals surface area contributed by atoms with Gasteiger partial charge in [-0.15, -0.1) is 0 Å². The van der Waals surface area contributed by atoms with Crippen LogP contribution >= 0.6 is 0 Å². The number of rotatable bonds is 63. The average molecular weight is 1360 g/mol. The fourth-order valence-corrected chi connectivity index (χ4v) is 13.7. The van der Waals surface area contributed by atoms with E-state index in [-0.39, 0.29) is 18.9 Å². The minimum absolute atomic E-state index is 0.250. The summed E-state index contributed by atoms with van der Waals surface area (Å²) < 4.78 is 34.4. The van der Waals surface area contributed by atoms with Crippen LogP contribution in [0.3, 0.4) is 0 Å². The van der Waals surface area contributed by atoms with Crippen LogP contribution in [0.1, 0.15) is 335 Å². The van der Waals surface area contributed by atoms with E-state index in [9.17, 15) is 61.0 Å². The molecular weight excluding hydrogens is 1210 g/mol. The van der Waals surface area contributed by atoms with E-state index in [0.29, 0.717) is 6.42 Å². The number of carbonyl (C=O) groups excluding carboxylic acids is 1. The quantitative estimate of drug-likeness (QED) is 0.0199. The molecule has 0 aromatic carbocycles. The Kier molecular flexibility index (Phi) is 53.6. The number of aliphatic hydroxyl groups is 11. The largest absolute Gasteiger partial charge is 0.394 e. The van der Waals surface area contributed by atoms with E-state index in [0.717, 1.165) is 44.9 Å². The van der Waals surface area contributed by atoms with E-state index in [1.165, 1.54) is 263 Å². The van der Waals surface area contributed by atoms with Gasteiger partial charge in [-0.05, 0) is 19.3 Å². The van der Waals surface area contributed by atoms with Crippen molar-refractivity contribution in [2.45, 2.75) is 439 Å². The number of ether oxygens (including phenoxy) is 6. The van der Waals surface area contributed by atoms with Gasteiger partial charge in [0.2, 0.25) is 5.91 Å². The zero-order valence-electron chi connectivity index (χ0n) is 59.9. The average Bonchev–Trinajstić information content (AvgIpc) is 0.787. The lowest BCUT2D eigenvalue weighted by Gasteiger charge is -2.48. The van der Waals surface area contributed by atoms with Crippen LogP contribution in [0, 0.1) is 0 Å². The molecule has 95 heavy (non-hydrogen) atoms. The molecule has 0 aliphatic carbocycles. The molecule has 0 bridgehead atoms. The molecule has 3 heterocycles. The third-order valence-corrected chi connectivity index (χ3v) is 20.1. The van der Waals surface area contributed by atoms with Crippen LogP contribution in [0.2, 0.25) is 0 Å². The third-order valence-electron chi connectivity index (χ3n) is 20.1. The van der Waals surface area contributed by atoms with Crippen molar-refractivity contribution in [2.24, 2.45) is 0 Å². The summed E-state index contributed by atoms with van der Waals surface area (Å²) in [7, 11) is 0. The van der Waals surface area contributed by atoms with Crippen molar-refractivity contribution in [3.05, 3.63) is 12.2 Å². The number of allylic oxidation sites excluding steroid dienone is 1. The maximum Gasteiger partial charge on any atom is 0.220 e. The number of hydrogen-bond donors (Lipinski definition) is 12. The van der Waals surface area contributed by atoms with Crippen molar-refractivity contribution in [3.8, 4) is 0 Å². The van der Waals surface area contributed by atoms with Gasteiger partial charge in [0.25, 0.3) is 0 Å². The van der Waals surface area contributed by atoms with Gasteiger partial charge in [0.05, 0.1) is 38.6 Å². The molecule has 3 rings (SSSR count). The fourth-order valence-electron chi connectivity index (χ4n) is 13.7. The molecular formula is C76H145NO18. The Balaban J connectivity index is 1.38. The van der Waals surface area contributed by atoms with Crippen molar-refractivity contribution < 1.29 is 89.4 Å². The first-order valence-electron chi connectivity index (χ1n) is 39.4. The Morgan fingerprint density at radius 2 is 0.653 bits per heavy atom. The molecule has 0 aromatic rings. The van der Waals surface area contributed by atoms with E-state index in [1.807, 2.05) is 6.08 Å². The molecule has 12 N–H and O–H groups in total. The molecule has 1 amide bonds. The second-order valence-corrected chi connectivity index (χ2v) is 28.5. The summed E-state index contributed by atoms with van der Waals surface area (Å²) in [5.74, 6) is -0.267. The molecule has 0 saturated carbocycles. The molecule has 3 aliphatic rings. The normalized spacial score (nSPS) is 27.2. The summed E-state index contributed by atoms with van der Waals surface area (Å²) in [5, 5.41) is 121. The minimum atomic E-state index is -1.98. The second kappa shape index (κ2) is 58.1. The van der Waals surface area contributed by atoms with Crippen LogP contribution in [-0.2, 0) is 33.2 Å². The molecule has 3 saturated heterocycles. The zero-order valence-corrected chi connectivity index (χ0v) is 59.9. The van der Waals surface area contributed by atoms with Gasteiger partial charge in [0.1, 0.15) is 73.2 Å². The molecule has 19 nitrogen and oxygen atoms in total. The predicted molar refractivity (Wildman–Crippen MR) is 374 cm³/mol. The van der Waals surface area contributed by atoms with Crippen LogP contribution < -0.4 is 5.32 Å². The molecule has 0 aromatic heterocycles. The number of nitrogens with one attached hydrogen (secondary N) is 1. The monoisotopic (exact) mass is 1360 g/mol. The molecule has 19 heteroatoms. The second-order valence-electron chi connectivity index (χ2n) is 28.5. The van der Waals surface area contributed by atoms with Gasteiger partial charge in [-0.2, -0.15) is 0 Å². The van der Waals surface area contributed by atoms with Crippen LogP contribution in [-0.4, -0.2) is 193 Å². The molecule has 17 unspecified atom stereocenters. The van der Waals surface area contributed by atoms with Crippen molar-refractivity contribution in [1.82, 2.24) is 5.32 Å². The maximum atomic E-state index is 13.5. The number of amides is 1. The highest BCUT2D eigenvalue weighted by Crippen LogP contribution is 2.33. The molecule has 562 valence electrons. The third kappa shape index (κ3) is 39.0. The first kappa shape index (κ1) is 87.7. The zero-order chi connectivity index (χ0) is 68.9. The van der Waals surface area contributed by atoms with Gasteiger partial charge < -0.3 is 89.9 Å². The molecule has 0 spiro atoms. The summed E-state index contributed by atoms with van der Waals surface area (Å²) in [6.07, 6.45) is 40.5. The van der Waals surface area contributed by atoms with E-state index in [2.05, 4.69) is 19.2 Å². The van der Waals surface area contributed by atoms with Gasteiger partial charge in [0, 0.05) is 6.42 Å². The molecule has 17 atom stereocenters. The Morgan fingerprint density at radius 1 is 0.368 bits per heavy atom. The Hall–Kier alpha value is -1.47. The van der Waals surface area contributed by atoms with E-state index in [1.54, 1.807) is 6.08 Å². The molecule has 3 fully saturated rings. The van der Waals surface area contributed by atoms with Crippen LogP contribution in [0.5, 0.6) is 0 Å². The number of carbonyl (C=O) groups is 1. The lowest BCUT2D eigenvalue weighted by atomic mass is 9.96. The van der Waals surface area contributed by atoms with Crippen molar-refractivity contribution in [2.75, 3.05) is 26.4 Å². The van der Waals surface area contributed by atoms with E-state index in [4.69, 9.17) is 28.4 Å². The highest BCUT2D eigenvalue weighted by atomic mass is 16.8. The fraction of sp³-hybridized carbons (Fsp3) is 0.961. The standard InChI is InChI=1S/C76H145NO18/c1-3-5-7-9-11-13-15-17-19-21-23-25-26-27-28-29-30-31-32-34-35-37-39-41-43-45-47-49-51-53-60(81)59(77-64(82)54-52-50-48-46-44-42-40-38-36-33-24-22-20-18-16-14-12-10-8-6-4-2)58-90-74-70(88)67(85)72(62(56-79)92-74)95-76-71(89)68(86)73(63(57-80)93-76)94-75-69(87)66(84)65(83)61(55-78)91-75/h51,53,59-63,65-76,78-81,83-89H,3-50,52,54-58H2,1-2H3,(H,77,82)/b53-51+. The minimum Gasteiger partial charge on any atom is -0.394 e. The van der Waals surface area contributed by atoms with Gasteiger partial charge in [-0.25, -0.2) is 0 Å². The smallest absolute Gasteiger partial charge is 0.220 e. The van der Waals surface area contributed by atoms with Crippen LogP contribution in [0.4, 0.5) is 0 Å². The Bertz CT molecular complexity index is 1770. The number of unbranched alkanes of at least 4 members (excludes halogenated alkanes) is 47. The predicted octanol–water partition coefficient (Wildman–Crippen LogP) is 12.4. The van der Waals surface area contributed by atoms with Crippen LogP contribution in [0.15, 0.2) is 12.2 Å². The van der Waals surface area contributed by atoms with E-state index >= 15 is 0 Å². The van der Waals surface area contributed by atoms with Crippen molar-refractivity contribution >= 4 is 5.91 Å². The number of hydrogen-bond acceptors (Lipinski definition) is 18. The van der Waals surface area contributed by atoms with Crippen molar-refractivity contribution in [3.63, 3.8) is 0 Å². The van der Waals surface area contributed by atoms with Crippen molar-refractivity contribution in [1.29, 1.82) is 0 Å². The summed E-state index contributed by atoms with van der Waals surface area (Å²) >= 11 is 0. The SMILES string of the molecule is CCCCCCCCCCCCCCCCCCCCCCCCCCCCC/C=C/C(O)C(COC1OC(CO)C(OC2OC(CO)C(OC3OC(CO)C(O)C(O)C3O)C(O)C2O)C(O)C1O)NC(=O)CCCCCCCCCCCCCCCCCCCCCCC. The number of aliphatic hydroxyl groups excluding tert-OH is 11. The van der Waals surface area contributed by atoms with E-state index < -0.39 is 124 Å². The molecule has 0 radical (unpaired) electrons. The Morgan fingerprint density at radius 3 is 0.989 bits per heavy atom. The maximum absolute atomic E-state index is 13.5. The topological polar surface area (TPSA) is 307 Å². The summed E-state index contributed by atoms with van der Waals surface area (Å²) in [4.78, 5) is 13.5. The lowest BCUT2D eigenvalue weighted by Crippen LogP contribution is -2.66. The first-order valence-corrected chi connectivity index (χ1v) is 39.4. The van der Waals surface area contributed by atoms with Gasteiger partial charge in [-0.1, -0.05) is 321 Å². The van der Waals surface area contributed by atoms with Gasteiger partial charge >= 0.3 is 0 Å². The Labute approximate surface area is 576 Å². The van der Waals surface area contributed by atoms with Gasteiger partial charge in [0.15, 0.2) is 18.9 Å². The molecule has 3 aliphatic heterocycles. The summed E-state index contributed by atoms with van der Waals surface area (Å²) in [6.45, 7) is 1.80. The first-order chi connectivity index (χ1) is 46.3. The van der Waals surface area contributed by atoms with Gasteiger partial charge in [-0.3, -0.25) is 4.79 Å². The summed E-state index contributed by atoms with van der Waals surface area (Å²) in [5.41, 5.74) is 0. The highest BCUT2D eigenvalue weighted by molar-refractivity contribution is 5.76. The lowest BCUT2D eigenvalue weighted by molar-refractivity contribution is -0.379. The summed E-state index contributed by atoms with van der Waals surface area (Å²) in [6, 6.07) is -0.970.